The monoisotopic (exact) mass is 288 g/mol. The fraction of sp³-hybridized carbons (Fsp3) is 0.500. The van der Waals surface area contributed by atoms with Gasteiger partial charge >= 0.3 is 5.97 Å². The Balaban J connectivity index is 1.57. The number of hydrogen-bond donors (Lipinski definition) is 1. The van der Waals surface area contributed by atoms with Gasteiger partial charge in [-0.1, -0.05) is 30.3 Å². The summed E-state index contributed by atoms with van der Waals surface area (Å²) in [6, 6.07) is 10.5. The van der Waals surface area contributed by atoms with E-state index in [9.17, 15) is 9.59 Å². The lowest BCUT2D eigenvalue weighted by atomic mass is 10.1. The molecule has 5 nitrogen and oxygen atoms in total. The number of amides is 1. The fourth-order valence-electron chi connectivity index (χ4n) is 3.30. The summed E-state index contributed by atoms with van der Waals surface area (Å²) in [6.07, 6.45) is 1.09. The third-order valence-corrected chi connectivity index (χ3v) is 4.44. The summed E-state index contributed by atoms with van der Waals surface area (Å²) in [5.41, 5.74) is 1.27. The van der Waals surface area contributed by atoms with Crippen LogP contribution in [-0.2, 0) is 16.1 Å². The Labute approximate surface area is 124 Å². The van der Waals surface area contributed by atoms with Crippen LogP contribution in [0.2, 0.25) is 0 Å². The first-order valence-electron chi connectivity index (χ1n) is 7.42. The van der Waals surface area contributed by atoms with E-state index < -0.39 is 11.9 Å². The summed E-state index contributed by atoms with van der Waals surface area (Å²) in [5, 5.41) is 9.05. The number of rotatable bonds is 4. The van der Waals surface area contributed by atoms with E-state index in [1.165, 1.54) is 5.56 Å². The molecule has 21 heavy (non-hydrogen) atoms. The number of likely N-dealkylation sites (tertiary alicyclic amines) is 2. The van der Waals surface area contributed by atoms with Gasteiger partial charge in [0.2, 0.25) is 5.91 Å². The van der Waals surface area contributed by atoms with E-state index in [2.05, 4.69) is 17.0 Å². The van der Waals surface area contributed by atoms with Crippen LogP contribution in [0.25, 0.3) is 0 Å². The number of benzene rings is 1. The molecule has 0 radical (unpaired) electrons. The SMILES string of the molecule is O=C(O)[C@H]1CC(=O)N([C@@H]2CCN(Cc3ccccc3)C2)C1. The summed E-state index contributed by atoms with van der Waals surface area (Å²) >= 11 is 0. The second-order valence-electron chi connectivity index (χ2n) is 5.95. The second kappa shape index (κ2) is 5.85. The number of carbonyl (C=O) groups excluding carboxylic acids is 1. The van der Waals surface area contributed by atoms with Gasteiger partial charge in [0, 0.05) is 38.6 Å². The molecule has 2 atom stereocenters. The number of carboxylic acid groups (broad SMARTS) is 1. The maximum absolute atomic E-state index is 12.0. The number of aliphatic carboxylic acids is 1. The summed E-state index contributed by atoms with van der Waals surface area (Å²) in [5.74, 6) is -1.39. The third kappa shape index (κ3) is 3.08. The molecule has 0 saturated carbocycles. The Kier molecular flexibility index (Phi) is 3.92. The minimum atomic E-state index is -0.856. The molecule has 1 N–H and O–H groups in total. The number of carboxylic acids is 1. The van der Waals surface area contributed by atoms with Crippen LogP contribution in [0.15, 0.2) is 30.3 Å². The van der Waals surface area contributed by atoms with E-state index in [1.807, 2.05) is 18.2 Å². The van der Waals surface area contributed by atoms with Crippen molar-refractivity contribution in [3.8, 4) is 0 Å². The fourth-order valence-corrected chi connectivity index (χ4v) is 3.30. The normalized spacial score (nSPS) is 26.5. The number of nitrogens with zero attached hydrogens (tertiary/aromatic N) is 2. The summed E-state index contributed by atoms with van der Waals surface area (Å²) in [7, 11) is 0. The van der Waals surface area contributed by atoms with Gasteiger partial charge in [-0.2, -0.15) is 0 Å². The summed E-state index contributed by atoms with van der Waals surface area (Å²) < 4.78 is 0. The molecule has 2 saturated heterocycles. The van der Waals surface area contributed by atoms with Gasteiger partial charge in [0.15, 0.2) is 0 Å². The molecule has 2 heterocycles. The minimum absolute atomic E-state index is 0.00559. The quantitative estimate of drug-likeness (QED) is 0.904. The number of hydrogen-bond acceptors (Lipinski definition) is 3. The molecule has 2 aliphatic heterocycles. The Bertz CT molecular complexity index is 532. The zero-order chi connectivity index (χ0) is 14.8. The first-order chi connectivity index (χ1) is 10.1. The lowest BCUT2D eigenvalue weighted by Crippen LogP contribution is -2.39. The van der Waals surface area contributed by atoms with Crippen LogP contribution in [0.4, 0.5) is 0 Å². The second-order valence-corrected chi connectivity index (χ2v) is 5.95. The molecule has 3 rings (SSSR count). The van der Waals surface area contributed by atoms with Gasteiger partial charge in [0.05, 0.1) is 5.92 Å². The highest BCUT2D eigenvalue weighted by atomic mass is 16.4. The topological polar surface area (TPSA) is 60.9 Å². The molecule has 0 spiro atoms. The predicted molar refractivity (Wildman–Crippen MR) is 77.6 cm³/mol. The number of carbonyl (C=O) groups is 2. The smallest absolute Gasteiger partial charge is 0.308 e. The molecule has 2 fully saturated rings. The molecule has 0 unspecified atom stereocenters. The molecule has 112 valence electrons. The molecule has 0 aromatic heterocycles. The van der Waals surface area contributed by atoms with Crippen LogP contribution in [0.1, 0.15) is 18.4 Å². The summed E-state index contributed by atoms with van der Waals surface area (Å²) in [4.78, 5) is 27.1. The Hall–Kier alpha value is -1.88. The van der Waals surface area contributed by atoms with Crippen molar-refractivity contribution in [2.75, 3.05) is 19.6 Å². The van der Waals surface area contributed by atoms with E-state index in [0.29, 0.717) is 6.54 Å². The van der Waals surface area contributed by atoms with Crippen molar-refractivity contribution in [2.24, 2.45) is 5.92 Å². The lowest BCUT2D eigenvalue weighted by molar-refractivity contribution is -0.141. The van der Waals surface area contributed by atoms with Crippen molar-refractivity contribution in [1.29, 1.82) is 0 Å². The Morgan fingerprint density at radius 2 is 2.00 bits per heavy atom. The van der Waals surface area contributed by atoms with Crippen molar-refractivity contribution in [1.82, 2.24) is 9.80 Å². The molecule has 2 aliphatic rings. The third-order valence-electron chi connectivity index (χ3n) is 4.44. The Morgan fingerprint density at radius 3 is 2.67 bits per heavy atom. The largest absolute Gasteiger partial charge is 0.481 e. The van der Waals surface area contributed by atoms with Crippen molar-refractivity contribution >= 4 is 11.9 Å². The van der Waals surface area contributed by atoms with Crippen LogP contribution < -0.4 is 0 Å². The van der Waals surface area contributed by atoms with Crippen LogP contribution in [0, 0.1) is 5.92 Å². The van der Waals surface area contributed by atoms with Gasteiger partial charge < -0.3 is 10.0 Å². The standard InChI is InChI=1S/C16H20N2O3/c19-15-8-13(16(20)21)10-18(15)14-6-7-17(11-14)9-12-4-2-1-3-5-12/h1-5,13-14H,6-11H2,(H,20,21)/t13-,14+/m0/s1. The van der Waals surface area contributed by atoms with E-state index in [4.69, 9.17) is 5.11 Å². The van der Waals surface area contributed by atoms with Gasteiger partial charge in [-0.3, -0.25) is 14.5 Å². The first-order valence-corrected chi connectivity index (χ1v) is 7.42. The molecule has 0 aliphatic carbocycles. The first kappa shape index (κ1) is 14.1. The van der Waals surface area contributed by atoms with E-state index in [0.717, 1.165) is 26.1 Å². The van der Waals surface area contributed by atoms with Crippen LogP contribution in [0.5, 0.6) is 0 Å². The zero-order valence-electron chi connectivity index (χ0n) is 11.9. The van der Waals surface area contributed by atoms with Gasteiger partial charge in [0.25, 0.3) is 0 Å². The van der Waals surface area contributed by atoms with Gasteiger partial charge in [-0.05, 0) is 12.0 Å². The van der Waals surface area contributed by atoms with Gasteiger partial charge in [-0.25, -0.2) is 0 Å². The highest BCUT2D eigenvalue weighted by Crippen LogP contribution is 2.25. The average Bonchev–Trinajstić information content (AvgIpc) is 3.06. The summed E-state index contributed by atoms with van der Waals surface area (Å²) in [6.45, 7) is 3.06. The van der Waals surface area contributed by atoms with E-state index >= 15 is 0 Å². The maximum atomic E-state index is 12.0. The molecular formula is C16H20N2O3. The van der Waals surface area contributed by atoms with E-state index in [-0.39, 0.29) is 18.4 Å². The lowest BCUT2D eigenvalue weighted by Gasteiger charge is -2.24. The maximum Gasteiger partial charge on any atom is 0.308 e. The van der Waals surface area contributed by atoms with Crippen molar-refractivity contribution < 1.29 is 14.7 Å². The molecular weight excluding hydrogens is 268 g/mol. The zero-order valence-corrected chi connectivity index (χ0v) is 11.9. The van der Waals surface area contributed by atoms with Crippen LogP contribution in [0.3, 0.4) is 0 Å². The predicted octanol–water partition coefficient (Wildman–Crippen LogP) is 1.19. The average molecular weight is 288 g/mol. The van der Waals surface area contributed by atoms with Crippen LogP contribution in [-0.4, -0.2) is 52.5 Å². The Morgan fingerprint density at radius 1 is 1.24 bits per heavy atom. The van der Waals surface area contributed by atoms with Gasteiger partial charge in [-0.15, -0.1) is 0 Å². The van der Waals surface area contributed by atoms with Crippen molar-refractivity contribution in [3.63, 3.8) is 0 Å². The molecule has 5 heteroatoms. The van der Waals surface area contributed by atoms with E-state index in [1.54, 1.807) is 4.90 Å². The van der Waals surface area contributed by atoms with Crippen LogP contribution >= 0.6 is 0 Å². The molecule has 0 bridgehead atoms. The molecule has 1 aromatic carbocycles. The van der Waals surface area contributed by atoms with Gasteiger partial charge in [0.1, 0.15) is 0 Å². The highest BCUT2D eigenvalue weighted by Gasteiger charge is 2.39. The molecule has 1 aromatic rings. The van der Waals surface area contributed by atoms with Crippen molar-refractivity contribution in [3.05, 3.63) is 35.9 Å². The minimum Gasteiger partial charge on any atom is -0.481 e. The van der Waals surface area contributed by atoms with Crippen molar-refractivity contribution in [2.45, 2.75) is 25.4 Å². The highest BCUT2D eigenvalue weighted by molar-refractivity contribution is 5.86. The molecule has 1 amide bonds.